The fourth-order valence-corrected chi connectivity index (χ4v) is 4.43. The lowest BCUT2D eigenvalue weighted by Gasteiger charge is -2.20. The van der Waals surface area contributed by atoms with Gasteiger partial charge in [-0.05, 0) is 54.3 Å². The summed E-state index contributed by atoms with van der Waals surface area (Å²) in [6, 6.07) is 11.8. The molecule has 0 radical (unpaired) electrons. The van der Waals surface area contributed by atoms with Crippen LogP contribution in [0.2, 0.25) is 0 Å². The topological polar surface area (TPSA) is 83.9 Å². The molecule has 0 aromatic heterocycles. The molecule has 0 saturated heterocycles. The fourth-order valence-electron chi connectivity index (χ4n) is 2.93. The average Bonchev–Trinajstić information content (AvgIpc) is 3.04. The number of rotatable bonds is 6. The summed E-state index contributed by atoms with van der Waals surface area (Å²) in [4.78, 5) is 10.8. The zero-order valence-electron chi connectivity index (χ0n) is 13.8. The number of hydrogen-bond acceptors (Lipinski definition) is 4. The number of anilines is 1. The zero-order chi connectivity index (χ0) is 18.0. The molecule has 0 unspecified atom stereocenters. The van der Waals surface area contributed by atoms with Gasteiger partial charge in [-0.3, -0.25) is 9.10 Å². The molecule has 1 aliphatic rings. The summed E-state index contributed by atoms with van der Waals surface area (Å²) < 4.78 is 32.5. The molecular weight excluding hydrogens is 342 g/mol. The van der Waals surface area contributed by atoms with Gasteiger partial charge in [0.2, 0.25) is 0 Å². The van der Waals surface area contributed by atoms with E-state index in [0.717, 1.165) is 11.1 Å². The summed E-state index contributed by atoms with van der Waals surface area (Å²) in [5, 5.41) is 8.72. The summed E-state index contributed by atoms with van der Waals surface area (Å²) in [6.45, 7) is 0.394. The second-order valence-electron chi connectivity index (χ2n) is 5.86. The fraction of sp³-hybridized carbons (Fsp3) is 0.278. The molecule has 2 aromatic rings. The molecule has 0 bridgehead atoms. The minimum Gasteiger partial charge on any atom is -0.497 e. The van der Waals surface area contributed by atoms with Crippen LogP contribution in [0.25, 0.3) is 0 Å². The molecule has 0 spiro atoms. The number of methoxy groups -OCH3 is 1. The van der Waals surface area contributed by atoms with Crippen molar-refractivity contribution in [3.05, 3.63) is 53.6 Å². The van der Waals surface area contributed by atoms with Crippen molar-refractivity contribution >= 4 is 21.7 Å². The van der Waals surface area contributed by atoms with Crippen LogP contribution in [-0.4, -0.2) is 33.1 Å². The molecule has 132 valence electrons. The number of carboxylic acids is 1. The minimum absolute atomic E-state index is 0.0213. The lowest BCUT2D eigenvalue weighted by atomic mass is 10.1. The predicted molar refractivity (Wildman–Crippen MR) is 93.6 cm³/mol. The number of hydrogen-bond donors (Lipinski definition) is 1. The van der Waals surface area contributed by atoms with Crippen molar-refractivity contribution in [3.8, 4) is 5.75 Å². The Labute approximate surface area is 146 Å². The van der Waals surface area contributed by atoms with Crippen LogP contribution in [0.15, 0.2) is 47.4 Å². The maximum absolute atomic E-state index is 12.9. The van der Waals surface area contributed by atoms with Crippen LogP contribution in [0.1, 0.15) is 17.5 Å². The first kappa shape index (κ1) is 17.3. The highest BCUT2D eigenvalue weighted by Crippen LogP contribution is 2.35. The Hall–Kier alpha value is -2.54. The van der Waals surface area contributed by atoms with Gasteiger partial charge in [0.1, 0.15) is 5.75 Å². The predicted octanol–water partition coefficient (Wildman–Crippen LogP) is 2.46. The molecule has 0 amide bonds. The van der Waals surface area contributed by atoms with E-state index >= 15 is 0 Å². The first-order valence-corrected chi connectivity index (χ1v) is 9.36. The molecule has 0 saturated carbocycles. The van der Waals surface area contributed by atoms with Crippen molar-refractivity contribution in [3.63, 3.8) is 0 Å². The summed E-state index contributed by atoms with van der Waals surface area (Å²) in [6.07, 6.45) is 1.04. The smallest absolute Gasteiger partial charge is 0.303 e. The molecule has 2 aromatic carbocycles. The maximum Gasteiger partial charge on any atom is 0.303 e. The van der Waals surface area contributed by atoms with Crippen LogP contribution >= 0.6 is 0 Å². The molecule has 1 aliphatic heterocycles. The standard InChI is InChI=1S/C18H19NO5S/c1-24-15-5-8-17-14(12-15)10-11-19(17)25(22,23)16-6-2-13(3-7-16)4-9-18(20)21/h2-3,5-8,12H,4,9-11H2,1H3,(H,20,21). The number of aliphatic carboxylic acids is 1. The van der Waals surface area contributed by atoms with Crippen molar-refractivity contribution in [2.24, 2.45) is 0 Å². The highest BCUT2D eigenvalue weighted by Gasteiger charge is 2.31. The molecule has 0 atom stereocenters. The Balaban J connectivity index is 1.85. The summed E-state index contributed by atoms with van der Waals surface area (Å²) >= 11 is 0. The first-order valence-electron chi connectivity index (χ1n) is 7.92. The molecule has 25 heavy (non-hydrogen) atoms. The van der Waals surface area contributed by atoms with Gasteiger partial charge in [-0.15, -0.1) is 0 Å². The quantitative estimate of drug-likeness (QED) is 0.854. The molecular formula is C18H19NO5S. The second-order valence-corrected chi connectivity index (χ2v) is 7.72. The van der Waals surface area contributed by atoms with E-state index < -0.39 is 16.0 Å². The van der Waals surface area contributed by atoms with E-state index in [4.69, 9.17) is 9.84 Å². The summed E-state index contributed by atoms with van der Waals surface area (Å²) in [5.74, 6) is -0.165. The number of benzene rings is 2. The van der Waals surface area contributed by atoms with E-state index in [-0.39, 0.29) is 11.3 Å². The van der Waals surface area contributed by atoms with Gasteiger partial charge in [-0.1, -0.05) is 12.1 Å². The molecule has 0 fully saturated rings. The van der Waals surface area contributed by atoms with Gasteiger partial charge in [0.25, 0.3) is 10.0 Å². The monoisotopic (exact) mass is 361 g/mol. The third-order valence-corrected chi connectivity index (χ3v) is 6.11. The van der Waals surface area contributed by atoms with Crippen LogP contribution < -0.4 is 9.04 Å². The van der Waals surface area contributed by atoms with Gasteiger partial charge in [-0.25, -0.2) is 8.42 Å². The number of carboxylic acid groups (broad SMARTS) is 1. The van der Waals surface area contributed by atoms with Crippen LogP contribution in [-0.2, 0) is 27.7 Å². The van der Waals surface area contributed by atoms with E-state index in [1.54, 1.807) is 31.4 Å². The van der Waals surface area contributed by atoms with Gasteiger partial charge in [-0.2, -0.15) is 0 Å². The number of sulfonamides is 1. The van der Waals surface area contributed by atoms with E-state index in [0.29, 0.717) is 30.8 Å². The minimum atomic E-state index is -3.64. The van der Waals surface area contributed by atoms with Crippen LogP contribution in [0, 0.1) is 0 Å². The summed E-state index contributed by atoms with van der Waals surface area (Å²) in [7, 11) is -2.06. The van der Waals surface area contributed by atoms with Gasteiger partial charge >= 0.3 is 5.97 Å². The van der Waals surface area contributed by atoms with Crippen molar-refractivity contribution < 1.29 is 23.1 Å². The molecule has 7 heteroatoms. The SMILES string of the molecule is COc1ccc2c(c1)CCN2S(=O)(=O)c1ccc(CCC(=O)O)cc1. The lowest BCUT2D eigenvalue weighted by Crippen LogP contribution is -2.29. The Morgan fingerprint density at radius 1 is 1.20 bits per heavy atom. The number of ether oxygens (including phenoxy) is 1. The van der Waals surface area contributed by atoms with E-state index in [2.05, 4.69) is 0 Å². The second kappa shape index (κ2) is 6.76. The number of fused-ring (bicyclic) bond motifs is 1. The number of carbonyl (C=O) groups is 1. The first-order chi connectivity index (χ1) is 11.9. The highest BCUT2D eigenvalue weighted by molar-refractivity contribution is 7.92. The molecule has 3 rings (SSSR count). The Morgan fingerprint density at radius 2 is 1.92 bits per heavy atom. The average molecular weight is 361 g/mol. The van der Waals surface area contributed by atoms with Crippen LogP contribution in [0.4, 0.5) is 5.69 Å². The zero-order valence-corrected chi connectivity index (χ0v) is 14.6. The number of aryl methyl sites for hydroxylation is 1. The van der Waals surface area contributed by atoms with Crippen molar-refractivity contribution in [1.29, 1.82) is 0 Å². The summed E-state index contributed by atoms with van der Waals surface area (Å²) in [5.41, 5.74) is 2.42. The maximum atomic E-state index is 12.9. The molecule has 1 heterocycles. The third-order valence-electron chi connectivity index (χ3n) is 4.28. The molecule has 6 nitrogen and oxygen atoms in total. The third kappa shape index (κ3) is 3.46. The number of nitrogens with zero attached hydrogens (tertiary/aromatic N) is 1. The molecule has 1 N–H and O–H groups in total. The highest BCUT2D eigenvalue weighted by atomic mass is 32.2. The van der Waals surface area contributed by atoms with Crippen molar-refractivity contribution in [2.45, 2.75) is 24.2 Å². The lowest BCUT2D eigenvalue weighted by molar-refractivity contribution is -0.136. The largest absolute Gasteiger partial charge is 0.497 e. The van der Waals surface area contributed by atoms with Gasteiger partial charge in [0, 0.05) is 13.0 Å². The van der Waals surface area contributed by atoms with Crippen molar-refractivity contribution in [2.75, 3.05) is 18.0 Å². The van der Waals surface area contributed by atoms with Gasteiger partial charge in [0.05, 0.1) is 17.7 Å². The van der Waals surface area contributed by atoms with E-state index in [1.165, 1.54) is 16.4 Å². The Morgan fingerprint density at radius 3 is 2.56 bits per heavy atom. The van der Waals surface area contributed by atoms with Crippen LogP contribution in [0.3, 0.4) is 0 Å². The normalized spacial score (nSPS) is 13.6. The van der Waals surface area contributed by atoms with E-state index in [1.807, 2.05) is 6.07 Å². The van der Waals surface area contributed by atoms with E-state index in [9.17, 15) is 13.2 Å². The van der Waals surface area contributed by atoms with Crippen molar-refractivity contribution in [1.82, 2.24) is 0 Å². The van der Waals surface area contributed by atoms with Gasteiger partial charge in [0.15, 0.2) is 0 Å². The van der Waals surface area contributed by atoms with Crippen LogP contribution in [0.5, 0.6) is 5.75 Å². The van der Waals surface area contributed by atoms with Gasteiger partial charge < -0.3 is 9.84 Å². The Bertz CT molecular complexity index is 890. The molecule has 0 aliphatic carbocycles. The Kier molecular flexibility index (Phi) is 4.67.